The molecule has 29 heavy (non-hydrogen) atoms. The molecule has 1 aliphatic carbocycles. The number of aromatic nitrogens is 4. The van der Waals surface area contributed by atoms with Crippen LogP contribution in [0.5, 0.6) is 0 Å². The fourth-order valence-corrected chi connectivity index (χ4v) is 5.56. The number of aryl methyl sites for hydroxylation is 2. The molecule has 0 radical (unpaired) electrons. The van der Waals surface area contributed by atoms with Gasteiger partial charge in [0.1, 0.15) is 10.5 Å². The van der Waals surface area contributed by atoms with Crippen molar-refractivity contribution in [2.24, 2.45) is 5.92 Å². The van der Waals surface area contributed by atoms with Gasteiger partial charge in [-0.3, -0.25) is 19.4 Å². The summed E-state index contributed by atoms with van der Waals surface area (Å²) in [7, 11) is 0. The molecule has 0 aromatic carbocycles. The van der Waals surface area contributed by atoms with Crippen molar-refractivity contribution in [1.29, 1.82) is 0 Å². The number of carbonyl (C=O) groups is 1. The minimum atomic E-state index is -0.670. The smallest absolute Gasteiger partial charge is 0.319 e. The van der Waals surface area contributed by atoms with E-state index in [1.807, 2.05) is 0 Å². The molecule has 1 aliphatic rings. The van der Waals surface area contributed by atoms with Crippen LogP contribution in [0.3, 0.4) is 0 Å². The number of anilines is 1. The summed E-state index contributed by atoms with van der Waals surface area (Å²) in [6.07, 6.45) is 2.93. The van der Waals surface area contributed by atoms with E-state index in [-0.39, 0.29) is 22.7 Å². The van der Waals surface area contributed by atoms with Gasteiger partial charge >= 0.3 is 5.69 Å². The summed E-state index contributed by atoms with van der Waals surface area (Å²) in [6, 6.07) is 0. The molecule has 1 atom stereocenters. The summed E-state index contributed by atoms with van der Waals surface area (Å²) >= 11 is 2.63. The van der Waals surface area contributed by atoms with Gasteiger partial charge in [0.2, 0.25) is 5.91 Å². The molecule has 152 valence electrons. The average Bonchev–Trinajstić information content (AvgIpc) is 3.00. The molecule has 9 nitrogen and oxygen atoms in total. The maximum atomic E-state index is 12.6. The first-order valence-electron chi connectivity index (χ1n) is 9.12. The van der Waals surface area contributed by atoms with E-state index in [9.17, 15) is 19.2 Å². The third-order valence-corrected chi connectivity index (χ3v) is 6.90. The van der Waals surface area contributed by atoms with Crippen LogP contribution in [0.4, 0.5) is 5.69 Å². The molecular weight excluding hydrogens is 414 g/mol. The van der Waals surface area contributed by atoms with Crippen LogP contribution in [0.2, 0.25) is 0 Å². The number of thiophene rings is 1. The molecule has 1 amide bonds. The molecule has 0 saturated carbocycles. The largest absolute Gasteiger partial charge is 0.326 e. The monoisotopic (exact) mass is 433 g/mol. The van der Waals surface area contributed by atoms with Crippen LogP contribution in [-0.4, -0.2) is 31.6 Å². The van der Waals surface area contributed by atoms with E-state index in [1.54, 1.807) is 11.3 Å². The van der Waals surface area contributed by atoms with Crippen LogP contribution in [0.1, 0.15) is 29.5 Å². The molecule has 11 heteroatoms. The number of rotatable bonds is 4. The number of aromatic amines is 3. The zero-order valence-corrected chi connectivity index (χ0v) is 17.4. The van der Waals surface area contributed by atoms with Gasteiger partial charge in [0, 0.05) is 10.6 Å². The van der Waals surface area contributed by atoms with Crippen molar-refractivity contribution in [3.8, 4) is 0 Å². The normalized spacial score (nSPS) is 16.0. The number of hydrogen-bond donors (Lipinski definition) is 4. The Balaban J connectivity index is 1.52. The van der Waals surface area contributed by atoms with Crippen LogP contribution >= 0.6 is 23.1 Å². The van der Waals surface area contributed by atoms with Crippen LogP contribution in [-0.2, 0) is 17.6 Å². The zero-order chi connectivity index (χ0) is 20.7. The second kappa shape index (κ2) is 7.64. The van der Waals surface area contributed by atoms with Crippen molar-refractivity contribution in [1.82, 2.24) is 19.9 Å². The van der Waals surface area contributed by atoms with Gasteiger partial charge in [-0.2, -0.15) is 0 Å². The lowest BCUT2D eigenvalue weighted by atomic mass is 9.89. The molecule has 4 N–H and O–H groups in total. The van der Waals surface area contributed by atoms with Gasteiger partial charge < -0.3 is 15.3 Å². The predicted octanol–water partition coefficient (Wildman–Crippen LogP) is 1.53. The van der Waals surface area contributed by atoms with Crippen molar-refractivity contribution in [3.05, 3.63) is 47.3 Å². The molecule has 0 spiro atoms. The van der Waals surface area contributed by atoms with Gasteiger partial charge in [-0.1, -0.05) is 18.7 Å². The highest BCUT2D eigenvalue weighted by Crippen LogP contribution is 2.36. The van der Waals surface area contributed by atoms with E-state index in [0.717, 1.165) is 36.6 Å². The SMILES string of the molecule is Cc1[nH]c(=O)[nH]c(=O)c1NC(=O)CSc1nc2sc3c(c2c(=O)[nH]1)CC[C@@H](C)C3. The lowest BCUT2D eigenvalue weighted by Gasteiger charge is -2.17. The lowest BCUT2D eigenvalue weighted by Crippen LogP contribution is -2.29. The lowest BCUT2D eigenvalue weighted by molar-refractivity contribution is -0.113. The van der Waals surface area contributed by atoms with Crippen molar-refractivity contribution in [3.63, 3.8) is 0 Å². The second-order valence-electron chi connectivity index (χ2n) is 7.15. The highest BCUT2D eigenvalue weighted by Gasteiger charge is 2.23. The number of carbonyl (C=O) groups excluding carboxylic acids is 1. The quantitative estimate of drug-likeness (QED) is 0.363. The fourth-order valence-electron chi connectivity index (χ4n) is 3.46. The number of nitrogens with one attached hydrogen (secondary N) is 4. The van der Waals surface area contributed by atoms with Crippen molar-refractivity contribution < 1.29 is 4.79 Å². The Kier molecular flexibility index (Phi) is 5.17. The third kappa shape index (κ3) is 3.92. The highest BCUT2D eigenvalue weighted by molar-refractivity contribution is 7.99. The fraction of sp³-hybridized carbons (Fsp3) is 0.389. The Labute approximate surface area is 172 Å². The number of thioether (sulfide) groups is 1. The van der Waals surface area contributed by atoms with E-state index in [2.05, 4.69) is 32.2 Å². The molecular formula is C18H19N5O4S2. The summed E-state index contributed by atoms with van der Waals surface area (Å²) in [4.78, 5) is 61.6. The van der Waals surface area contributed by atoms with E-state index in [0.29, 0.717) is 21.3 Å². The van der Waals surface area contributed by atoms with E-state index in [1.165, 1.54) is 11.8 Å². The minimum Gasteiger partial charge on any atom is -0.319 e. The molecule has 0 aliphatic heterocycles. The van der Waals surface area contributed by atoms with Crippen LogP contribution in [0.15, 0.2) is 19.5 Å². The van der Waals surface area contributed by atoms with Crippen LogP contribution < -0.4 is 22.1 Å². The van der Waals surface area contributed by atoms with E-state index >= 15 is 0 Å². The Bertz CT molecular complexity index is 1290. The van der Waals surface area contributed by atoms with Gasteiger partial charge in [-0.25, -0.2) is 9.78 Å². The summed E-state index contributed by atoms with van der Waals surface area (Å²) in [5, 5.41) is 3.51. The van der Waals surface area contributed by atoms with Gasteiger partial charge in [0.05, 0.1) is 11.1 Å². The zero-order valence-electron chi connectivity index (χ0n) is 15.8. The van der Waals surface area contributed by atoms with Gasteiger partial charge in [0.15, 0.2) is 5.16 Å². The summed E-state index contributed by atoms with van der Waals surface area (Å²) < 4.78 is 0. The maximum absolute atomic E-state index is 12.6. The van der Waals surface area contributed by atoms with Crippen molar-refractivity contribution in [2.75, 3.05) is 11.1 Å². The van der Waals surface area contributed by atoms with Crippen LogP contribution in [0, 0.1) is 12.8 Å². The molecule has 3 aromatic rings. The topological polar surface area (TPSA) is 141 Å². The Hall–Kier alpha value is -2.66. The first-order chi connectivity index (χ1) is 13.8. The Morgan fingerprint density at radius 3 is 2.79 bits per heavy atom. The van der Waals surface area contributed by atoms with Crippen LogP contribution in [0.25, 0.3) is 10.2 Å². The molecule has 0 bridgehead atoms. The summed E-state index contributed by atoms with van der Waals surface area (Å²) in [5.41, 5.74) is -0.119. The predicted molar refractivity (Wildman–Crippen MR) is 113 cm³/mol. The standard InChI is InChI=1S/C18H19N5O4S2/c1-7-3-4-9-10(5-7)29-16-12(9)14(25)22-18(23-16)28-6-11(24)20-13-8(2)19-17(27)21-15(13)26/h7H,3-6H2,1-2H3,(H,20,24)(H,22,23,25)(H2,19,21,26,27)/t7-/m1/s1. The minimum absolute atomic E-state index is 0.00726. The van der Waals surface area contributed by atoms with E-state index in [4.69, 9.17) is 0 Å². The summed E-state index contributed by atoms with van der Waals surface area (Å²) in [6.45, 7) is 3.73. The average molecular weight is 434 g/mol. The molecule has 0 saturated heterocycles. The number of amides is 1. The Morgan fingerprint density at radius 2 is 2.03 bits per heavy atom. The molecule has 0 fully saturated rings. The van der Waals surface area contributed by atoms with E-state index < -0.39 is 17.2 Å². The molecule has 0 unspecified atom stereocenters. The number of fused-ring (bicyclic) bond motifs is 3. The van der Waals surface area contributed by atoms with Gasteiger partial charge in [0.25, 0.3) is 11.1 Å². The summed E-state index contributed by atoms with van der Waals surface area (Å²) in [5.74, 6) is 0.110. The highest BCUT2D eigenvalue weighted by atomic mass is 32.2. The van der Waals surface area contributed by atoms with Gasteiger partial charge in [-0.05, 0) is 37.7 Å². The molecule has 3 heterocycles. The maximum Gasteiger partial charge on any atom is 0.326 e. The van der Waals surface area contributed by atoms with Crippen molar-refractivity contribution >= 4 is 44.9 Å². The first-order valence-corrected chi connectivity index (χ1v) is 10.9. The van der Waals surface area contributed by atoms with Crippen molar-refractivity contribution in [2.45, 2.75) is 38.3 Å². The first kappa shape index (κ1) is 19.6. The third-order valence-electron chi connectivity index (χ3n) is 4.88. The number of H-pyrrole nitrogens is 3. The molecule has 4 rings (SSSR count). The van der Waals surface area contributed by atoms with Gasteiger partial charge in [-0.15, -0.1) is 11.3 Å². The number of nitrogens with zero attached hydrogens (tertiary/aromatic N) is 1. The molecule has 3 aromatic heterocycles. The number of hydrogen-bond acceptors (Lipinski definition) is 7. The second-order valence-corrected chi connectivity index (χ2v) is 9.20. The Morgan fingerprint density at radius 1 is 1.24 bits per heavy atom.